The average Bonchev–Trinajstić information content (AvgIpc) is 2.99. The maximum Gasteiger partial charge on any atom is 0.338 e. The van der Waals surface area contributed by atoms with Crippen LogP contribution in [0.15, 0.2) is 78.9 Å². The summed E-state index contributed by atoms with van der Waals surface area (Å²) in [5, 5.41) is 10.5. The lowest BCUT2D eigenvalue weighted by atomic mass is 10.1. The smallest absolute Gasteiger partial charge is 0.338 e. The molecule has 0 spiro atoms. The Morgan fingerprint density at radius 1 is 0.929 bits per heavy atom. The molecule has 140 valence electrons. The highest BCUT2D eigenvalue weighted by molar-refractivity contribution is 6.05. The van der Waals surface area contributed by atoms with Gasteiger partial charge in [0.05, 0.1) is 5.56 Å². The van der Waals surface area contributed by atoms with Gasteiger partial charge < -0.3 is 14.4 Å². The normalized spacial score (nSPS) is 10.9. The molecule has 0 saturated heterocycles. The summed E-state index contributed by atoms with van der Waals surface area (Å²) in [5.74, 6) is -0.259. The Morgan fingerprint density at radius 2 is 1.57 bits per heavy atom. The topological polar surface area (TPSA) is 51.5 Å². The number of carboxylic acids is 1. The molecule has 28 heavy (non-hydrogen) atoms. The van der Waals surface area contributed by atoms with Gasteiger partial charge >= 0.3 is 5.97 Å². The second-order valence-electron chi connectivity index (χ2n) is 6.79. The van der Waals surface area contributed by atoms with Crippen molar-refractivity contribution in [1.82, 2.24) is 4.57 Å². The maximum absolute atomic E-state index is 11.9. The van der Waals surface area contributed by atoms with Crippen molar-refractivity contribution in [3.8, 4) is 5.75 Å². The van der Waals surface area contributed by atoms with Crippen molar-refractivity contribution in [1.29, 1.82) is 0 Å². The molecule has 0 atom stereocenters. The highest BCUT2D eigenvalue weighted by Gasteiger charge is 2.20. The Bertz CT molecular complexity index is 1120. The number of ether oxygens (including phenoxy) is 1. The van der Waals surface area contributed by atoms with Crippen LogP contribution in [0.3, 0.4) is 0 Å². The number of carboxylic acid groups (broad SMARTS) is 1. The molecule has 3 aromatic carbocycles. The highest BCUT2D eigenvalue weighted by Crippen LogP contribution is 2.30. The Labute approximate surface area is 163 Å². The van der Waals surface area contributed by atoms with Crippen molar-refractivity contribution >= 4 is 16.9 Å². The molecule has 0 aliphatic rings. The Morgan fingerprint density at radius 3 is 2.21 bits per heavy atom. The summed E-state index contributed by atoms with van der Waals surface area (Å²) in [4.78, 5) is 11.9. The lowest BCUT2D eigenvalue weighted by Gasteiger charge is -2.10. The van der Waals surface area contributed by atoms with Gasteiger partial charge in [-0.05, 0) is 36.2 Å². The molecule has 0 fully saturated rings. The van der Waals surface area contributed by atoms with Gasteiger partial charge in [-0.1, -0.05) is 60.7 Å². The Hall–Kier alpha value is -3.53. The molecule has 0 aliphatic heterocycles. The summed E-state index contributed by atoms with van der Waals surface area (Å²) in [6.07, 6.45) is 0. The number of aromatic carboxylic acids is 1. The first-order valence-electron chi connectivity index (χ1n) is 9.20. The molecule has 4 aromatic rings. The number of nitrogens with zero attached hydrogens (tertiary/aromatic N) is 1. The van der Waals surface area contributed by atoms with Crippen LogP contribution in [0.4, 0.5) is 0 Å². The van der Waals surface area contributed by atoms with Gasteiger partial charge in [0.1, 0.15) is 12.4 Å². The monoisotopic (exact) mass is 371 g/mol. The van der Waals surface area contributed by atoms with Crippen molar-refractivity contribution in [2.45, 2.75) is 20.1 Å². The maximum atomic E-state index is 11.9. The molecule has 0 unspecified atom stereocenters. The van der Waals surface area contributed by atoms with Crippen LogP contribution in [0.2, 0.25) is 0 Å². The van der Waals surface area contributed by atoms with Crippen LogP contribution in [-0.4, -0.2) is 15.6 Å². The molecule has 4 heteroatoms. The van der Waals surface area contributed by atoms with E-state index in [0.29, 0.717) is 29.9 Å². The van der Waals surface area contributed by atoms with Crippen LogP contribution in [0.25, 0.3) is 10.9 Å². The van der Waals surface area contributed by atoms with Gasteiger partial charge in [0, 0.05) is 23.1 Å². The van der Waals surface area contributed by atoms with Crippen LogP contribution >= 0.6 is 0 Å². The summed E-state index contributed by atoms with van der Waals surface area (Å²) in [7, 11) is 0. The fourth-order valence-electron chi connectivity index (χ4n) is 3.53. The zero-order chi connectivity index (χ0) is 19.5. The fourth-order valence-corrected chi connectivity index (χ4v) is 3.53. The molecular formula is C24H21NO3. The minimum atomic E-state index is -0.922. The average molecular weight is 371 g/mol. The predicted molar refractivity (Wildman–Crippen MR) is 110 cm³/mol. The minimum Gasteiger partial charge on any atom is -0.489 e. The van der Waals surface area contributed by atoms with Gasteiger partial charge in [0.15, 0.2) is 0 Å². The van der Waals surface area contributed by atoms with E-state index in [1.54, 1.807) is 0 Å². The minimum absolute atomic E-state index is 0.330. The van der Waals surface area contributed by atoms with E-state index in [9.17, 15) is 9.90 Å². The number of fused-ring (bicyclic) bond motifs is 1. The summed E-state index contributed by atoms with van der Waals surface area (Å²) < 4.78 is 7.95. The third kappa shape index (κ3) is 3.49. The largest absolute Gasteiger partial charge is 0.489 e. The van der Waals surface area contributed by atoms with Crippen LogP contribution in [0.5, 0.6) is 5.75 Å². The summed E-state index contributed by atoms with van der Waals surface area (Å²) in [6, 6.07) is 25.6. The first-order valence-corrected chi connectivity index (χ1v) is 9.20. The molecule has 0 bridgehead atoms. The Kier molecular flexibility index (Phi) is 4.85. The molecule has 1 N–H and O–H groups in total. The second-order valence-corrected chi connectivity index (χ2v) is 6.79. The van der Waals surface area contributed by atoms with E-state index in [-0.39, 0.29) is 0 Å². The van der Waals surface area contributed by atoms with Gasteiger partial charge in [0.25, 0.3) is 0 Å². The van der Waals surface area contributed by atoms with Gasteiger partial charge in [-0.2, -0.15) is 0 Å². The number of hydrogen-bond acceptors (Lipinski definition) is 2. The van der Waals surface area contributed by atoms with E-state index in [0.717, 1.165) is 22.3 Å². The molecule has 0 saturated carbocycles. The van der Waals surface area contributed by atoms with E-state index in [4.69, 9.17) is 4.74 Å². The SMILES string of the molecule is Cc1c(C(=O)O)c2cc(OCc3ccccc3)ccc2n1Cc1ccccc1. The molecule has 1 aromatic heterocycles. The van der Waals surface area contributed by atoms with Crippen molar-refractivity contribution in [2.75, 3.05) is 0 Å². The van der Waals surface area contributed by atoms with E-state index >= 15 is 0 Å². The number of rotatable bonds is 6. The first-order chi connectivity index (χ1) is 13.6. The molecule has 0 radical (unpaired) electrons. The summed E-state index contributed by atoms with van der Waals surface area (Å²) in [5.41, 5.74) is 4.16. The quantitative estimate of drug-likeness (QED) is 0.502. The zero-order valence-corrected chi connectivity index (χ0v) is 15.6. The van der Waals surface area contributed by atoms with Crippen molar-refractivity contribution in [3.05, 3.63) is 101 Å². The number of aromatic nitrogens is 1. The van der Waals surface area contributed by atoms with Crippen molar-refractivity contribution in [3.63, 3.8) is 0 Å². The lowest BCUT2D eigenvalue weighted by Crippen LogP contribution is -2.04. The van der Waals surface area contributed by atoms with Gasteiger partial charge in [-0.25, -0.2) is 4.79 Å². The fraction of sp³-hybridized carbons (Fsp3) is 0.125. The zero-order valence-electron chi connectivity index (χ0n) is 15.6. The molecule has 0 amide bonds. The van der Waals surface area contributed by atoms with E-state index in [1.807, 2.05) is 85.8 Å². The lowest BCUT2D eigenvalue weighted by molar-refractivity contribution is 0.0698. The number of hydrogen-bond donors (Lipinski definition) is 1. The van der Waals surface area contributed by atoms with Crippen molar-refractivity contribution in [2.24, 2.45) is 0 Å². The van der Waals surface area contributed by atoms with E-state index in [2.05, 4.69) is 4.57 Å². The van der Waals surface area contributed by atoms with Crippen LogP contribution in [-0.2, 0) is 13.2 Å². The summed E-state index contributed by atoms with van der Waals surface area (Å²) >= 11 is 0. The van der Waals surface area contributed by atoms with Gasteiger partial charge in [-0.15, -0.1) is 0 Å². The van der Waals surface area contributed by atoms with E-state index in [1.165, 1.54) is 0 Å². The van der Waals surface area contributed by atoms with E-state index < -0.39 is 5.97 Å². The Balaban J connectivity index is 1.71. The number of benzene rings is 3. The highest BCUT2D eigenvalue weighted by atomic mass is 16.5. The molecular weight excluding hydrogens is 350 g/mol. The molecule has 0 aliphatic carbocycles. The standard InChI is InChI=1S/C24H21NO3/c1-17-23(24(26)27)21-14-20(28-16-19-10-6-3-7-11-19)12-13-22(21)25(17)15-18-8-4-2-5-9-18/h2-14H,15-16H2,1H3,(H,26,27). The third-order valence-electron chi connectivity index (χ3n) is 4.94. The van der Waals surface area contributed by atoms with Gasteiger partial charge in [-0.3, -0.25) is 0 Å². The molecule has 1 heterocycles. The number of carbonyl (C=O) groups is 1. The van der Waals surface area contributed by atoms with Crippen molar-refractivity contribution < 1.29 is 14.6 Å². The molecule has 4 rings (SSSR count). The second kappa shape index (κ2) is 7.61. The molecule has 4 nitrogen and oxygen atoms in total. The van der Waals surface area contributed by atoms with Crippen LogP contribution in [0, 0.1) is 6.92 Å². The predicted octanol–water partition coefficient (Wildman–Crippen LogP) is 5.28. The van der Waals surface area contributed by atoms with Gasteiger partial charge in [0.2, 0.25) is 0 Å². The first kappa shape index (κ1) is 17.9. The third-order valence-corrected chi connectivity index (χ3v) is 4.94. The van der Waals surface area contributed by atoms with Crippen LogP contribution in [0.1, 0.15) is 27.2 Å². The van der Waals surface area contributed by atoms with Crippen LogP contribution < -0.4 is 4.74 Å². The summed E-state index contributed by atoms with van der Waals surface area (Å²) in [6.45, 7) is 2.93.